The first-order valence-electron chi connectivity index (χ1n) is 9.08. The van der Waals surface area contributed by atoms with Gasteiger partial charge in [-0.25, -0.2) is 18.5 Å². The van der Waals surface area contributed by atoms with Crippen molar-refractivity contribution in [1.82, 2.24) is 9.97 Å². The summed E-state index contributed by atoms with van der Waals surface area (Å²) in [5.41, 5.74) is 1.14. The Morgan fingerprint density at radius 3 is 2.03 bits per heavy atom. The molecule has 0 bridgehead atoms. The number of hydrogen-bond donors (Lipinski definition) is 4. The minimum Gasteiger partial charge on any atom is -0.755 e. The van der Waals surface area contributed by atoms with Crippen molar-refractivity contribution in [2.24, 2.45) is 5.14 Å². The molecule has 0 spiro atoms. The number of primary sulfonamides is 1. The van der Waals surface area contributed by atoms with Crippen molar-refractivity contribution in [2.45, 2.75) is 11.8 Å². The second-order valence-corrected chi connectivity index (χ2v) is 8.84. The zero-order valence-corrected chi connectivity index (χ0v) is 18.6. The van der Waals surface area contributed by atoms with E-state index in [0.717, 1.165) is 0 Å². The third-order valence-corrected chi connectivity index (χ3v) is 5.45. The molecule has 3 rings (SSSR count). The number of aryl methyl sites for hydroxylation is 1. The number of aromatic nitrogens is 2. The van der Waals surface area contributed by atoms with E-state index >= 15 is 0 Å². The third-order valence-electron chi connectivity index (χ3n) is 4.11. The number of rotatable bonds is 7. The maximum atomic E-state index is 12.5. The van der Waals surface area contributed by atoms with E-state index in [0.29, 0.717) is 11.4 Å². The first-order valence-corrected chi connectivity index (χ1v) is 11.7. The van der Waals surface area contributed by atoms with Gasteiger partial charge in [-0.05, 0) is 55.5 Å². The lowest BCUT2D eigenvalue weighted by Crippen LogP contribution is -2.18. The largest absolute Gasteiger partial charge is 0.755 e. The van der Waals surface area contributed by atoms with E-state index in [1.165, 1.54) is 54.6 Å². The highest BCUT2D eigenvalue weighted by Crippen LogP contribution is 2.15. The molecule has 2 amide bonds. The van der Waals surface area contributed by atoms with Crippen LogP contribution in [0.5, 0.6) is 0 Å². The average molecular weight is 490 g/mol. The van der Waals surface area contributed by atoms with E-state index < -0.39 is 33.1 Å². The van der Waals surface area contributed by atoms with Gasteiger partial charge in [0.05, 0.1) is 4.90 Å². The summed E-state index contributed by atoms with van der Waals surface area (Å²) in [4.78, 5) is 33.0. The summed E-state index contributed by atoms with van der Waals surface area (Å²) in [5.74, 6) is -1.07. The van der Waals surface area contributed by atoms with Gasteiger partial charge in [-0.15, -0.1) is 0 Å². The quantitative estimate of drug-likeness (QED) is 0.354. The lowest BCUT2D eigenvalue weighted by Gasteiger charge is -2.10. The van der Waals surface area contributed by atoms with Gasteiger partial charge in [-0.2, -0.15) is 4.98 Å². The molecule has 1 atom stereocenters. The lowest BCUT2D eigenvalue weighted by molar-refractivity contribution is 0.101. The fourth-order valence-corrected chi connectivity index (χ4v) is 3.48. The Morgan fingerprint density at radius 2 is 1.48 bits per heavy atom. The highest BCUT2D eigenvalue weighted by atomic mass is 32.2. The van der Waals surface area contributed by atoms with Gasteiger partial charge >= 0.3 is 0 Å². The molecule has 1 aromatic heterocycles. The average Bonchev–Trinajstić information content (AvgIpc) is 2.73. The fourth-order valence-electron chi connectivity index (χ4n) is 2.63. The number of nitrogens with one attached hydrogen (secondary N) is 3. The maximum absolute atomic E-state index is 12.5. The van der Waals surface area contributed by atoms with Gasteiger partial charge in [-0.3, -0.25) is 19.1 Å². The van der Waals surface area contributed by atoms with Crippen molar-refractivity contribution in [3.8, 4) is 0 Å². The van der Waals surface area contributed by atoms with Gasteiger partial charge in [0.25, 0.3) is 11.8 Å². The molecular weight excluding hydrogens is 472 g/mol. The van der Waals surface area contributed by atoms with Crippen LogP contribution in [0.3, 0.4) is 0 Å². The molecule has 5 N–H and O–H groups in total. The monoisotopic (exact) mass is 489 g/mol. The SMILES string of the molecule is Cc1cc(NC(=O)c2ccc(NS(=O)[O-])cc2)nc(NC(=O)c2ccc(S(N)(=O)=O)cc2)n1. The van der Waals surface area contributed by atoms with Crippen LogP contribution in [0.15, 0.2) is 59.5 Å². The van der Waals surface area contributed by atoms with Crippen molar-refractivity contribution >= 4 is 50.6 Å². The Morgan fingerprint density at radius 1 is 0.939 bits per heavy atom. The standard InChI is InChI=1S/C19H18N6O6S2/c1-11-10-16(22-17(26)12-2-6-14(7-3-12)25-32(28)29)23-19(21-11)24-18(27)13-4-8-15(9-5-13)33(20,30)31/h2-10,25H,1H3,(H,28,29)(H2,20,30,31)(H2,21,22,23,24,26,27)/p-1. The van der Waals surface area contributed by atoms with Crippen LogP contribution in [0.1, 0.15) is 26.4 Å². The highest BCUT2D eigenvalue weighted by Gasteiger charge is 2.13. The van der Waals surface area contributed by atoms with Crippen LogP contribution in [0.25, 0.3) is 0 Å². The molecule has 0 aliphatic rings. The van der Waals surface area contributed by atoms with Crippen molar-refractivity contribution in [1.29, 1.82) is 0 Å². The van der Waals surface area contributed by atoms with Crippen LogP contribution in [-0.2, 0) is 21.3 Å². The van der Waals surface area contributed by atoms with Crippen LogP contribution >= 0.6 is 0 Å². The Bertz CT molecular complexity index is 1330. The van der Waals surface area contributed by atoms with Crippen molar-refractivity contribution in [2.75, 3.05) is 15.4 Å². The number of anilines is 3. The van der Waals surface area contributed by atoms with Gasteiger partial charge in [-0.1, -0.05) is 0 Å². The van der Waals surface area contributed by atoms with E-state index in [9.17, 15) is 26.8 Å². The Kier molecular flexibility index (Phi) is 7.13. The molecule has 0 aliphatic heterocycles. The number of amides is 2. The zero-order valence-electron chi connectivity index (χ0n) is 16.9. The third kappa shape index (κ3) is 6.63. The van der Waals surface area contributed by atoms with E-state index in [4.69, 9.17) is 5.14 Å². The number of nitrogens with two attached hydrogens (primary N) is 1. The number of carbonyl (C=O) groups is 2. The maximum Gasteiger partial charge on any atom is 0.258 e. The predicted molar refractivity (Wildman–Crippen MR) is 119 cm³/mol. The fraction of sp³-hybridized carbons (Fsp3) is 0.0526. The first-order chi connectivity index (χ1) is 15.5. The van der Waals surface area contributed by atoms with E-state index in [2.05, 4.69) is 25.3 Å². The van der Waals surface area contributed by atoms with E-state index in [1.54, 1.807) is 6.92 Å². The van der Waals surface area contributed by atoms with Crippen LogP contribution in [0, 0.1) is 6.92 Å². The number of sulfonamides is 1. The van der Waals surface area contributed by atoms with Gasteiger partial charge in [0.1, 0.15) is 5.82 Å². The molecule has 172 valence electrons. The van der Waals surface area contributed by atoms with E-state index in [1.807, 2.05) is 0 Å². The summed E-state index contributed by atoms with van der Waals surface area (Å²) >= 11 is -2.48. The number of hydrogen-bond acceptors (Lipinski definition) is 8. The van der Waals surface area contributed by atoms with Gasteiger partial charge in [0.2, 0.25) is 16.0 Å². The Balaban J connectivity index is 1.72. The van der Waals surface area contributed by atoms with Crippen LogP contribution < -0.4 is 20.5 Å². The van der Waals surface area contributed by atoms with Gasteiger partial charge in [0.15, 0.2) is 0 Å². The molecule has 3 aromatic rings. The Labute approximate surface area is 191 Å². The molecule has 12 nitrogen and oxygen atoms in total. The molecule has 0 saturated carbocycles. The molecule has 0 radical (unpaired) electrons. The zero-order chi connectivity index (χ0) is 24.2. The molecule has 0 aliphatic carbocycles. The van der Waals surface area contributed by atoms with Crippen molar-refractivity contribution in [3.05, 3.63) is 71.4 Å². The molecule has 0 saturated heterocycles. The predicted octanol–water partition coefficient (Wildman–Crippen LogP) is 1.14. The summed E-state index contributed by atoms with van der Waals surface area (Å²) in [6.45, 7) is 1.64. The molecule has 33 heavy (non-hydrogen) atoms. The van der Waals surface area contributed by atoms with E-state index in [-0.39, 0.29) is 27.8 Å². The van der Waals surface area contributed by atoms with Crippen LogP contribution in [0.4, 0.5) is 17.5 Å². The molecule has 14 heteroatoms. The van der Waals surface area contributed by atoms with Crippen LogP contribution in [0.2, 0.25) is 0 Å². The smallest absolute Gasteiger partial charge is 0.258 e. The van der Waals surface area contributed by atoms with Crippen molar-refractivity contribution in [3.63, 3.8) is 0 Å². The number of benzene rings is 2. The molecule has 1 heterocycles. The van der Waals surface area contributed by atoms with Crippen LogP contribution in [-0.4, -0.2) is 39.0 Å². The molecule has 1 unspecified atom stereocenters. The summed E-state index contributed by atoms with van der Waals surface area (Å²) in [6.07, 6.45) is 0. The summed E-state index contributed by atoms with van der Waals surface area (Å²) < 4.78 is 46.1. The molecule has 0 fully saturated rings. The number of carbonyl (C=O) groups excluding carboxylic acids is 2. The minimum atomic E-state index is -3.89. The second-order valence-electron chi connectivity index (χ2n) is 6.61. The first kappa shape index (κ1) is 23.9. The minimum absolute atomic E-state index is 0.0803. The lowest BCUT2D eigenvalue weighted by atomic mass is 10.2. The number of nitrogens with zero attached hydrogens (tertiary/aromatic N) is 2. The topological polar surface area (TPSA) is 196 Å². The normalized spacial score (nSPS) is 12.0. The van der Waals surface area contributed by atoms with Gasteiger partial charge < -0.3 is 14.6 Å². The summed E-state index contributed by atoms with van der Waals surface area (Å²) in [7, 11) is -3.89. The Hall–Kier alpha value is -3.72. The summed E-state index contributed by atoms with van der Waals surface area (Å²) in [5, 5.41) is 10.1. The molecule has 2 aromatic carbocycles. The second kappa shape index (κ2) is 9.83. The highest BCUT2D eigenvalue weighted by molar-refractivity contribution is 7.89. The summed E-state index contributed by atoms with van der Waals surface area (Å²) in [6, 6.07) is 12.1. The van der Waals surface area contributed by atoms with Crippen molar-refractivity contribution < 1.29 is 26.8 Å². The van der Waals surface area contributed by atoms with Gasteiger partial charge in [0, 0.05) is 39.8 Å². The molecular formula is C19H17N6O6S2-.